The molecule has 1 amide bonds. The number of nitrogens with zero attached hydrogens (tertiary/aromatic N) is 2. The van der Waals surface area contributed by atoms with Gasteiger partial charge in [0.05, 0.1) is 17.4 Å². The lowest BCUT2D eigenvalue weighted by Crippen LogP contribution is -2.35. The van der Waals surface area contributed by atoms with Crippen molar-refractivity contribution in [2.24, 2.45) is 0 Å². The summed E-state index contributed by atoms with van der Waals surface area (Å²) in [6.07, 6.45) is 3.56. The van der Waals surface area contributed by atoms with Gasteiger partial charge in [0.2, 0.25) is 0 Å². The van der Waals surface area contributed by atoms with Gasteiger partial charge in [-0.25, -0.2) is 0 Å². The minimum atomic E-state index is 0.0713. The van der Waals surface area contributed by atoms with E-state index in [1.165, 1.54) is 0 Å². The van der Waals surface area contributed by atoms with Gasteiger partial charge in [0.25, 0.3) is 5.91 Å². The number of pyridine rings is 1. The minimum Gasteiger partial charge on any atom is -0.305 e. The fourth-order valence-corrected chi connectivity index (χ4v) is 4.46. The van der Waals surface area contributed by atoms with Gasteiger partial charge < -0.3 is 4.90 Å². The van der Waals surface area contributed by atoms with Gasteiger partial charge in [0.15, 0.2) is 0 Å². The molecule has 0 radical (unpaired) electrons. The standard InChI is InChI=1S/C16H12N2OS2/c19-16(12-10-21-14-4-2-1-3-11(12)14)18-7-8-20-15-5-6-17-9-13(15)18/h1-6,9-10H,7-8H2. The molecule has 1 aliphatic rings. The Hall–Kier alpha value is -1.85. The number of hydrogen-bond donors (Lipinski definition) is 0. The zero-order chi connectivity index (χ0) is 14.2. The molecule has 5 heteroatoms. The summed E-state index contributed by atoms with van der Waals surface area (Å²) >= 11 is 3.40. The first kappa shape index (κ1) is 12.9. The predicted molar refractivity (Wildman–Crippen MR) is 88.5 cm³/mol. The summed E-state index contributed by atoms with van der Waals surface area (Å²) in [4.78, 5) is 20.1. The number of fused-ring (bicyclic) bond motifs is 2. The van der Waals surface area contributed by atoms with Gasteiger partial charge in [-0.1, -0.05) is 18.2 Å². The van der Waals surface area contributed by atoms with Crippen molar-refractivity contribution in [3.63, 3.8) is 0 Å². The third kappa shape index (κ3) is 2.13. The van der Waals surface area contributed by atoms with Crippen LogP contribution in [0.5, 0.6) is 0 Å². The summed E-state index contributed by atoms with van der Waals surface area (Å²) in [6.45, 7) is 0.729. The first-order valence-electron chi connectivity index (χ1n) is 6.69. The Bertz CT molecular complexity index is 828. The van der Waals surface area contributed by atoms with E-state index in [9.17, 15) is 4.79 Å². The van der Waals surface area contributed by atoms with Gasteiger partial charge in [-0.2, -0.15) is 0 Å². The van der Waals surface area contributed by atoms with Crippen LogP contribution in [0.1, 0.15) is 10.4 Å². The number of carbonyl (C=O) groups is 1. The summed E-state index contributed by atoms with van der Waals surface area (Å²) in [6, 6.07) is 10.0. The maximum Gasteiger partial charge on any atom is 0.259 e. The molecule has 0 saturated heterocycles. The van der Waals surface area contributed by atoms with E-state index in [1.54, 1.807) is 35.5 Å². The van der Waals surface area contributed by atoms with Crippen LogP contribution < -0.4 is 4.90 Å². The van der Waals surface area contributed by atoms with E-state index in [0.717, 1.165) is 38.5 Å². The maximum atomic E-state index is 12.9. The van der Waals surface area contributed by atoms with Crippen molar-refractivity contribution in [3.8, 4) is 0 Å². The Morgan fingerprint density at radius 2 is 2.14 bits per heavy atom. The molecule has 2 aromatic heterocycles. The smallest absolute Gasteiger partial charge is 0.259 e. The number of thioether (sulfide) groups is 1. The Morgan fingerprint density at radius 3 is 3.10 bits per heavy atom. The molecular weight excluding hydrogens is 300 g/mol. The number of carbonyl (C=O) groups excluding carboxylic acids is 1. The van der Waals surface area contributed by atoms with Crippen LogP contribution in [-0.2, 0) is 0 Å². The van der Waals surface area contributed by atoms with Crippen LogP contribution in [0.15, 0.2) is 53.0 Å². The molecule has 3 heterocycles. The third-order valence-corrected chi connectivity index (χ3v) is 5.59. The van der Waals surface area contributed by atoms with Crippen molar-refractivity contribution in [2.45, 2.75) is 4.90 Å². The van der Waals surface area contributed by atoms with Gasteiger partial charge in [0, 0.05) is 38.9 Å². The molecule has 4 rings (SSSR count). The molecule has 1 aliphatic heterocycles. The molecule has 21 heavy (non-hydrogen) atoms. The van der Waals surface area contributed by atoms with E-state index >= 15 is 0 Å². The molecule has 104 valence electrons. The highest BCUT2D eigenvalue weighted by molar-refractivity contribution is 7.99. The van der Waals surface area contributed by atoms with Crippen molar-refractivity contribution in [3.05, 3.63) is 53.7 Å². The number of amides is 1. The largest absolute Gasteiger partial charge is 0.305 e. The molecule has 0 spiro atoms. The van der Waals surface area contributed by atoms with Crippen molar-refractivity contribution in [1.82, 2.24) is 4.98 Å². The Labute approximate surface area is 130 Å². The first-order valence-corrected chi connectivity index (χ1v) is 8.56. The summed E-state index contributed by atoms with van der Waals surface area (Å²) in [5.41, 5.74) is 1.71. The van der Waals surface area contributed by atoms with Gasteiger partial charge in [-0.05, 0) is 12.1 Å². The first-order chi connectivity index (χ1) is 10.3. The van der Waals surface area contributed by atoms with Crippen molar-refractivity contribution < 1.29 is 4.79 Å². The lowest BCUT2D eigenvalue weighted by Gasteiger charge is -2.28. The molecule has 1 aromatic carbocycles. The second-order valence-electron chi connectivity index (χ2n) is 4.79. The van der Waals surface area contributed by atoms with Crippen LogP contribution in [0, 0.1) is 0 Å². The van der Waals surface area contributed by atoms with Gasteiger partial charge >= 0.3 is 0 Å². The average molecular weight is 312 g/mol. The Kier molecular flexibility index (Phi) is 3.16. The minimum absolute atomic E-state index is 0.0713. The topological polar surface area (TPSA) is 33.2 Å². The molecule has 3 aromatic rings. The molecule has 0 saturated carbocycles. The SMILES string of the molecule is O=C(c1csc2ccccc12)N1CCSc2ccncc21. The monoisotopic (exact) mass is 312 g/mol. The van der Waals surface area contributed by atoms with Crippen LogP contribution in [-0.4, -0.2) is 23.2 Å². The highest BCUT2D eigenvalue weighted by Crippen LogP contribution is 2.36. The van der Waals surface area contributed by atoms with E-state index in [0.29, 0.717) is 0 Å². The number of rotatable bonds is 1. The van der Waals surface area contributed by atoms with E-state index in [1.807, 2.05) is 34.5 Å². The van der Waals surface area contributed by atoms with E-state index in [2.05, 4.69) is 11.1 Å². The molecular formula is C16H12N2OS2. The van der Waals surface area contributed by atoms with Crippen LogP contribution in [0.25, 0.3) is 10.1 Å². The third-order valence-electron chi connectivity index (χ3n) is 3.58. The Morgan fingerprint density at radius 1 is 1.24 bits per heavy atom. The highest BCUT2D eigenvalue weighted by Gasteiger charge is 2.25. The summed E-state index contributed by atoms with van der Waals surface area (Å²) < 4.78 is 1.15. The number of aromatic nitrogens is 1. The van der Waals surface area contributed by atoms with Crippen LogP contribution in [0.3, 0.4) is 0 Å². The molecule has 0 atom stereocenters. The Balaban J connectivity index is 1.79. The van der Waals surface area contributed by atoms with Crippen molar-refractivity contribution in [2.75, 3.05) is 17.2 Å². The zero-order valence-corrected chi connectivity index (χ0v) is 12.8. The number of thiophene rings is 1. The zero-order valence-electron chi connectivity index (χ0n) is 11.2. The van der Waals surface area contributed by atoms with E-state index < -0.39 is 0 Å². The van der Waals surface area contributed by atoms with Gasteiger partial charge in [-0.3, -0.25) is 9.78 Å². The lowest BCUT2D eigenvalue weighted by atomic mass is 10.1. The quantitative estimate of drug-likeness (QED) is 0.679. The molecule has 3 nitrogen and oxygen atoms in total. The van der Waals surface area contributed by atoms with E-state index in [4.69, 9.17) is 0 Å². The van der Waals surface area contributed by atoms with Crippen LogP contribution >= 0.6 is 23.1 Å². The van der Waals surface area contributed by atoms with Gasteiger partial charge in [0.1, 0.15) is 0 Å². The number of benzene rings is 1. The molecule has 0 unspecified atom stereocenters. The normalized spacial score (nSPS) is 14.2. The second kappa shape index (κ2) is 5.16. The molecule has 0 bridgehead atoms. The van der Waals surface area contributed by atoms with Crippen molar-refractivity contribution >= 4 is 44.8 Å². The average Bonchev–Trinajstić information content (AvgIpc) is 2.98. The lowest BCUT2D eigenvalue weighted by molar-refractivity contribution is 0.0989. The fraction of sp³-hybridized carbons (Fsp3) is 0.125. The maximum absolute atomic E-state index is 12.9. The molecule has 0 N–H and O–H groups in total. The summed E-state index contributed by atoms with van der Waals surface area (Å²) in [7, 11) is 0. The van der Waals surface area contributed by atoms with Gasteiger partial charge in [-0.15, -0.1) is 23.1 Å². The van der Waals surface area contributed by atoms with Crippen LogP contribution in [0.2, 0.25) is 0 Å². The molecule has 0 fully saturated rings. The number of hydrogen-bond acceptors (Lipinski definition) is 4. The molecule has 0 aliphatic carbocycles. The predicted octanol–water partition coefficient (Wildman–Crippen LogP) is 4.05. The summed E-state index contributed by atoms with van der Waals surface area (Å²) in [5, 5.41) is 3.00. The van der Waals surface area contributed by atoms with Crippen molar-refractivity contribution in [1.29, 1.82) is 0 Å². The fourth-order valence-electron chi connectivity index (χ4n) is 2.57. The van der Waals surface area contributed by atoms with E-state index in [-0.39, 0.29) is 5.91 Å². The number of anilines is 1. The van der Waals surface area contributed by atoms with Crippen LogP contribution in [0.4, 0.5) is 5.69 Å². The second-order valence-corrected chi connectivity index (χ2v) is 6.84. The highest BCUT2D eigenvalue weighted by atomic mass is 32.2. The summed E-state index contributed by atoms with van der Waals surface area (Å²) in [5.74, 6) is 0.993.